The first kappa shape index (κ1) is 15.8. The van der Waals surface area contributed by atoms with Crippen LogP contribution in [0.5, 0.6) is 5.75 Å². The quantitative estimate of drug-likeness (QED) is 0.891. The lowest BCUT2D eigenvalue weighted by Crippen LogP contribution is -2.21. The standard InChI is InChI=1S/C16H22N2O2S/c1-5-18(6-2)10-14-15(17-16(19)21-14)12-7-8-13(20-4)11(3)9-12/h7-9H,5-6,10H2,1-4H3,(H,17,19). The number of aromatic nitrogens is 1. The molecule has 0 amide bonds. The maximum atomic E-state index is 11.8. The highest BCUT2D eigenvalue weighted by molar-refractivity contribution is 7.09. The molecule has 114 valence electrons. The summed E-state index contributed by atoms with van der Waals surface area (Å²) in [5, 5.41) is 0. The van der Waals surface area contributed by atoms with Gasteiger partial charge in [0.05, 0.1) is 12.8 Å². The van der Waals surface area contributed by atoms with E-state index in [1.54, 1.807) is 7.11 Å². The summed E-state index contributed by atoms with van der Waals surface area (Å²) in [6.45, 7) is 9.04. The number of methoxy groups -OCH3 is 1. The first-order valence-corrected chi connectivity index (χ1v) is 8.00. The van der Waals surface area contributed by atoms with Crippen molar-refractivity contribution >= 4 is 11.3 Å². The topological polar surface area (TPSA) is 45.3 Å². The van der Waals surface area contributed by atoms with Gasteiger partial charge in [-0.15, -0.1) is 0 Å². The zero-order valence-corrected chi connectivity index (χ0v) is 13.8. The third-order valence-corrected chi connectivity index (χ3v) is 4.53. The number of aryl methyl sites for hydroxylation is 1. The van der Waals surface area contributed by atoms with Gasteiger partial charge < -0.3 is 9.72 Å². The molecule has 0 aliphatic heterocycles. The van der Waals surface area contributed by atoms with Crippen LogP contribution in [0.4, 0.5) is 0 Å². The van der Waals surface area contributed by atoms with E-state index < -0.39 is 0 Å². The lowest BCUT2D eigenvalue weighted by Gasteiger charge is -2.17. The van der Waals surface area contributed by atoms with Gasteiger partial charge in [0.15, 0.2) is 0 Å². The van der Waals surface area contributed by atoms with Crippen LogP contribution in [0.2, 0.25) is 0 Å². The second-order valence-corrected chi connectivity index (χ2v) is 6.03. The Hall–Kier alpha value is -1.59. The SMILES string of the molecule is CCN(CC)Cc1sc(=O)[nH]c1-c1ccc(OC)c(C)c1. The molecule has 0 atom stereocenters. The van der Waals surface area contributed by atoms with Crippen LogP contribution in [-0.2, 0) is 6.54 Å². The zero-order valence-electron chi connectivity index (χ0n) is 13.0. The van der Waals surface area contributed by atoms with Crippen LogP contribution in [0.3, 0.4) is 0 Å². The fourth-order valence-corrected chi connectivity index (χ4v) is 3.28. The van der Waals surface area contributed by atoms with Crippen LogP contribution < -0.4 is 9.61 Å². The van der Waals surface area contributed by atoms with Crippen molar-refractivity contribution in [1.82, 2.24) is 9.88 Å². The molecule has 1 heterocycles. The Morgan fingerprint density at radius 3 is 2.57 bits per heavy atom. The van der Waals surface area contributed by atoms with E-state index >= 15 is 0 Å². The highest BCUT2D eigenvalue weighted by atomic mass is 32.1. The number of hydrogen-bond acceptors (Lipinski definition) is 4. The number of H-pyrrole nitrogens is 1. The normalized spacial score (nSPS) is 11.1. The zero-order chi connectivity index (χ0) is 15.4. The number of thiazole rings is 1. The third-order valence-electron chi connectivity index (χ3n) is 3.67. The largest absolute Gasteiger partial charge is 0.496 e. The number of nitrogens with zero attached hydrogens (tertiary/aromatic N) is 1. The van der Waals surface area contributed by atoms with Gasteiger partial charge in [-0.3, -0.25) is 9.69 Å². The predicted octanol–water partition coefficient (Wildman–Crippen LogP) is 3.26. The Bertz CT molecular complexity index is 657. The molecule has 0 saturated heterocycles. The highest BCUT2D eigenvalue weighted by Crippen LogP contribution is 2.28. The second-order valence-electron chi connectivity index (χ2n) is 4.96. The number of benzene rings is 1. The van der Waals surface area contributed by atoms with E-state index in [4.69, 9.17) is 4.74 Å². The van der Waals surface area contributed by atoms with E-state index in [2.05, 4.69) is 29.8 Å². The fourth-order valence-electron chi connectivity index (χ4n) is 2.39. The van der Waals surface area contributed by atoms with Crippen molar-refractivity contribution in [3.05, 3.63) is 38.3 Å². The number of hydrogen-bond donors (Lipinski definition) is 1. The van der Waals surface area contributed by atoms with Gasteiger partial charge in [0.25, 0.3) is 0 Å². The molecule has 2 rings (SSSR count). The van der Waals surface area contributed by atoms with Gasteiger partial charge in [0, 0.05) is 11.4 Å². The molecule has 2 aromatic rings. The molecule has 0 aliphatic rings. The molecule has 0 aliphatic carbocycles. The summed E-state index contributed by atoms with van der Waals surface area (Å²) in [6.07, 6.45) is 0. The Balaban J connectivity index is 2.39. The van der Waals surface area contributed by atoms with Gasteiger partial charge in [-0.05, 0) is 49.3 Å². The minimum Gasteiger partial charge on any atom is -0.496 e. The van der Waals surface area contributed by atoms with Gasteiger partial charge in [-0.2, -0.15) is 0 Å². The van der Waals surface area contributed by atoms with E-state index in [-0.39, 0.29) is 4.87 Å². The van der Waals surface area contributed by atoms with Gasteiger partial charge in [-0.25, -0.2) is 0 Å². The number of nitrogens with one attached hydrogen (secondary N) is 1. The van der Waals surface area contributed by atoms with Gasteiger partial charge in [0.2, 0.25) is 0 Å². The molecule has 0 saturated carbocycles. The molecular weight excluding hydrogens is 284 g/mol. The molecule has 1 N–H and O–H groups in total. The first-order valence-electron chi connectivity index (χ1n) is 7.18. The van der Waals surface area contributed by atoms with Crippen LogP contribution in [0.15, 0.2) is 23.0 Å². The fraction of sp³-hybridized carbons (Fsp3) is 0.438. The number of ether oxygens (including phenoxy) is 1. The van der Waals surface area contributed by atoms with Crippen LogP contribution >= 0.6 is 11.3 Å². The van der Waals surface area contributed by atoms with E-state index in [1.165, 1.54) is 11.3 Å². The summed E-state index contributed by atoms with van der Waals surface area (Å²) < 4.78 is 5.29. The van der Waals surface area contributed by atoms with E-state index in [0.29, 0.717) is 0 Å². The lowest BCUT2D eigenvalue weighted by molar-refractivity contribution is 0.298. The summed E-state index contributed by atoms with van der Waals surface area (Å²) in [6, 6.07) is 6.00. The third kappa shape index (κ3) is 3.54. The summed E-state index contributed by atoms with van der Waals surface area (Å²) in [4.78, 5) is 18.1. The van der Waals surface area contributed by atoms with Crippen molar-refractivity contribution in [3.63, 3.8) is 0 Å². The number of rotatable bonds is 6. The number of aromatic amines is 1. The maximum Gasteiger partial charge on any atom is 0.305 e. The highest BCUT2D eigenvalue weighted by Gasteiger charge is 2.13. The molecule has 0 radical (unpaired) electrons. The molecule has 1 aromatic carbocycles. The van der Waals surface area contributed by atoms with Crippen LogP contribution in [-0.4, -0.2) is 30.1 Å². The average molecular weight is 306 g/mol. The van der Waals surface area contributed by atoms with Crippen molar-refractivity contribution < 1.29 is 4.74 Å². The molecule has 4 nitrogen and oxygen atoms in total. The molecule has 5 heteroatoms. The minimum atomic E-state index is 0.000581. The first-order chi connectivity index (χ1) is 10.1. The van der Waals surface area contributed by atoms with Crippen molar-refractivity contribution in [3.8, 4) is 17.0 Å². The van der Waals surface area contributed by atoms with E-state index in [1.807, 2.05) is 19.1 Å². The van der Waals surface area contributed by atoms with Crippen LogP contribution in [0.25, 0.3) is 11.3 Å². The molecule has 0 fully saturated rings. The van der Waals surface area contributed by atoms with E-state index in [9.17, 15) is 4.79 Å². The second kappa shape index (κ2) is 6.91. The molecule has 21 heavy (non-hydrogen) atoms. The average Bonchev–Trinajstić information content (AvgIpc) is 2.85. The van der Waals surface area contributed by atoms with Gasteiger partial charge in [0.1, 0.15) is 5.75 Å². The van der Waals surface area contributed by atoms with Crippen molar-refractivity contribution in [1.29, 1.82) is 0 Å². The predicted molar refractivity (Wildman–Crippen MR) is 88.3 cm³/mol. The van der Waals surface area contributed by atoms with Crippen molar-refractivity contribution in [2.75, 3.05) is 20.2 Å². The lowest BCUT2D eigenvalue weighted by atomic mass is 10.1. The van der Waals surface area contributed by atoms with Crippen LogP contribution in [0, 0.1) is 6.92 Å². The van der Waals surface area contributed by atoms with Crippen molar-refractivity contribution in [2.24, 2.45) is 0 Å². The Morgan fingerprint density at radius 2 is 2.00 bits per heavy atom. The van der Waals surface area contributed by atoms with E-state index in [0.717, 1.165) is 47.1 Å². The van der Waals surface area contributed by atoms with Crippen molar-refractivity contribution in [2.45, 2.75) is 27.3 Å². The Morgan fingerprint density at radius 1 is 1.29 bits per heavy atom. The minimum absolute atomic E-state index is 0.000581. The summed E-state index contributed by atoms with van der Waals surface area (Å²) in [7, 11) is 1.67. The summed E-state index contributed by atoms with van der Waals surface area (Å²) in [5.74, 6) is 0.863. The Labute approximate surface area is 129 Å². The molecule has 0 unspecified atom stereocenters. The molecule has 1 aromatic heterocycles. The molecular formula is C16H22N2O2S. The monoisotopic (exact) mass is 306 g/mol. The van der Waals surface area contributed by atoms with Crippen LogP contribution in [0.1, 0.15) is 24.3 Å². The summed E-state index contributed by atoms with van der Waals surface area (Å²) >= 11 is 1.30. The molecule has 0 spiro atoms. The van der Waals surface area contributed by atoms with Gasteiger partial charge >= 0.3 is 4.87 Å². The molecule has 0 bridgehead atoms. The smallest absolute Gasteiger partial charge is 0.305 e. The summed E-state index contributed by atoms with van der Waals surface area (Å²) in [5.41, 5.74) is 3.03. The van der Waals surface area contributed by atoms with Gasteiger partial charge in [-0.1, -0.05) is 25.2 Å². The Kier molecular flexibility index (Phi) is 5.20. The maximum absolute atomic E-state index is 11.8.